The molecule has 0 unspecified atom stereocenters. The summed E-state index contributed by atoms with van der Waals surface area (Å²) in [5.74, 6) is 1.75. The first-order valence-corrected chi connectivity index (χ1v) is 5.68. The van der Waals surface area contributed by atoms with Crippen molar-refractivity contribution in [1.29, 1.82) is 0 Å². The summed E-state index contributed by atoms with van der Waals surface area (Å²) < 4.78 is 5.87. The zero-order valence-electron chi connectivity index (χ0n) is 9.60. The highest BCUT2D eigenvalue weighted by molar-refractivity contribution is 5.82. The molecule has 0 saturated carbocycles. The average molecular weight is 223 g/mol. The molecule has 84 valence electrons. The number of hydrogen-bond donors (Lipinski definition) is 1. The van der Waals surface area contributed by atoms with Gasteiger partial charge in [-0.1, -0.05) is 36.4 Å². The van der Waals surface area contributed by atoms with E-state index in [0.29, 0.717) is 0 Å². The first kappa shape index (κ1) is 9.97. The predicted molar refractivity (Wildman–Crippen MR) is 70.9 cm³/mol. The number of hydrogen-bond acceptors (Lipinski definition) is 2. The molecule has 0 aromatic heterocycles. The third-order valence-corrected chi connectivity index (χ3v) is 2.77. The van der Waals surface area contributed by atoms with E-state index in [1.807, 2.05) is 49.4 Å². The van der Waals surface area contributed by atoms with Gasteiger partial charge in [0.15, 0.2) is 11.5 Å². The maximum Gasteiger partial charge on any atom is 0.151 e. The third-order valence-electron chi connectivity index (χ3n) is 2.77. The third kappa shape index (κ3) is 1.68. The van der Waals surface area contributed by atoms with E-state index in [0.717, 1.165) is 28.4 Å². The molecule has 0 fully saturated rings. The van der Waals surface area contributed by atoms with Crippen LogP contribution in [0.25, 0.3) is 6.08 Å². The SMILES string of the molecule is CC=Cc1cccc2c1Nc1ccccc1O2. The van der Waals surface area contributed by atoms with Crippen molar-refractivity contribution in [3.8, 4) is 11.5 Å². The second-order valence-corrected chi connectivity index (χ2v) is 3.94. The van der Waals surface area contributed by atoms with Crippen LogP contribution in [0.3, 0.4) is 0 Å². The molecule has 1 aliphatic rings. The number of nitrogens with one attached hydrogen (secondary N) is 1. The first-order valence-electron chi connectivity index (χ1n) is 5.68. The summed E-state index contributed by atoms with van der Waals surface area (Å²) in [6.45, 7) is 2.01. The number of rotatable bonds is 1. The molecule has 0 radical (unpaired) electrons. The molecule has 1 N–H and O–H groups in total. The Morgan fingerprint density at radius 1 is 1.00 bits per heavy atom. The fourth-order valence-electron chi connectivity index (χ4n) is 2.00. The molecule has 1 heterocycles. The maximum atomic E-state index is 5.87. The van der Waals surface area contributed by atoms with Gasteiger partial charge >= 0.3 is 0 Å². The standard InChI is InChI=1S/C15H13NO/c1-2-6-11-7-5-10-14-15(11)16-12-8-3-4-9-13(12)17-14/h2-10,16H,1H3. The Bertz CT molecular complexity index is 587. The average Bonchev–Trinajstić information content (AvgIpc) is 2.37. The van der Waals surface area contributed by atoms with Gasteiger partial charge in [0.2, 0.25) is 0 Å². The number of allylic oxidation sites excluding steroid dienone is 1. The zero-order valence-corrected chi connectivity index (χ0v) is 9.60. The highest BCUT2D eigenvalue weighted by Gasteiger charge is 2.17. The second kappa shape index (κ2) is 3.98. The van der Waals surface area contributed by atoms with Crippen molar-refractivity contribution < 1.29 is 4.74 Å². The minimum atomic E-state index is 0.873. The molecule has 0 spiro atoms. The molecule has 1 aliphatic heterocycles. The van der Waals surface area contributed by atoms with Crippen molar-refractivity contribution in [2.45, 2.75) is 6.92 Å². The van der Waals surface area contributed by atoms with Gasteiger partial charge in [0, 0.05) is 5.56 Å². The van der Waals surface area contributed by atoms with Gasteiger partial charge in [-0.25, -0.2) is 0 Å². The highest BCUT2D eigenvalue weighted by atomic mass is 16.5. The molecule has 0 bridgehead atoms. The van der Waals surface area contributed by atoms with Crippen LogP contribution in [-0.2, 0) is 0 Å². The van der Waals surface area contributed by atoms with Crippen LogP contribution in [0.15, 0.2) is 48.5 Å². The van der Waals surface area contributed by atoms with Crippen molar-refractivity contribution in [1.82, 2.24) is 0 Å². The van der Waals surface area contributed by atoms with E-state index >= 15 is 0 Å². The fourth-order valence-corrected chi connectivity index (χ4v) is 2.00. The molecule has 0 amide bonds. The van der Waals surface area contributed by atoms with Crippen molar-refractivity contribution in [2.75, 3.05) is 5.32 Å². The minimum Gasteiger partial charge on any atom is -0.453 e. The Labute approximate surface area is 101 Å². The minimum absolute atomic E-state index is 0.873. The lowest BCUT2D eigenvalue weighted by Gasteiger charge is -2.23. The molecular weight excluding hydrogens is 210 g/mol. The number of para-hydroxylation sites is 3. The van der Waals surface area contributed by atoms with Gasteiger partial charge in [-0.05, 0) is 25.1 Å². The van der Waals surface area contributed by atoms with Crippen molar-refractivity contribution in [3.05, 3.63) is 54.1 Å². The van der Waals surface area contributed by atoms with Crippen LogP contribution in [0.1, 0.15) is 12.5 Å². The summed E-state index contributed by atoms with van der Waals surface area (Å²) in [6.07, 6.45) is 4.10. The first-order chi connectivity index (χ1) is 8.38. The molecular formula is C15H13NO. The number of ether oxygens (including phenoxy) is 1. The van der Waals surface area contributed by atoms with Crippen LogP contribution < -0.4 is 10.1 Å². The van der Waals surface area contributed by atoms with Crippen LogP contribution in [0.5, 0.6) is 11.5 Å². The van der Waals surface area contributed by atoms with Crippen molar-refractivity contribution in [2.24, 2.45) is 0 Å². The summed E-state index contributed by atoms with van der Waals surface area (Å²) in [7, 11) is 0. The molecule has 0 saturated heterocycles. The molecule has 3 rings (SSSR count). The van der Waals surface area contributed by atoms with E-state index in [1.165, 1.54) is 0 Å². The summed E-state index contributed by atoms with van der Waals surface area (Å²) in [4.78, 5) is 0. The summed E-state index contributed by atoms with van der Waals surface area (Å²) in [6, 6.07) is 14.0. The van der Waals surface area contributed by atoms with E-state index in [-0.39, 0.29) is 0 Å². The molecule has 2 aromatic rings. The Morgan fingerprint density at radius 3 is 2.71 bits per heavy atom. The molecule has 0 atom stereocenters. The Hall–Kier alpha value is -2.22. The van der Waals surface area contributed by atoms with E-state index in [9.17, 15) is 0 Å². The normalized spacial score (nSPS) is 12.5. The van der Waals surface area contributed by atoms with Gasteiger partial charge in [-0.2, -0.15) is 0 Å². The number of anilines is 2. The summed E-state index contributed by atoms with van der Waals surface area (Å²) in [5.41, 5.74) is 3.18. The smallest absolute Gasteiger partial charge is 0.151 e. The number of benzene rings is 2. The molecule has 2 heteroatoms. The lowest BCUT2D eigenvalue weighted by atomic mass is 10.1. The fraction of sp³-hybridized carbons (Fsp3) is 0.0667. The summed E-state index contributed by atoms with van der Waals surface area (Å²) >= 11 is 0. The van der Waals surface area contributed by atoms with Gasteiger partial charge < -0.3 is 10.1 Å². The largest absolute Gasteiger partial charge is 0.453 e. The monoisotopic (exact) mass is 223 g/mol. The van der Waals surface area contributed by atoms with Crippen LogP contribution in [0.2, 0.25) is 0 Å². The highest BCUT2D eigenvalue weighted by Crippen LogP contribution is 2.43. The summed E-state index contributed by atoms with van der Waals surface area (Å²) in [5, 5.41) is 3.42. The van der Waals surface area contributed by atoms with Crippen LogP contribution in [0.4, 0.5) is 11.4 Å². The zero-order chi connectivity index (χ0) is 11.7. The van der Waals surface area contributed by atoms with Crippen molar-refractivity contribution in [3.63, 3.8) is 0 Å². The van der Waals surface area contributed by atoms with E-state index in [2.05, 4.69) is 17.5 Å². The number of fused-ring (bicyclic) bond motifs is 2. The van der Waals surface area contributed by atoms with E-state index in [1.54, 1.807) is 0 Å². The molecule has 2 nitrogen and oxygen atoms in total. The van der Waals surface area contributed by atoms with Crippen LogP contribution in [-0.4, -0.2) is 0 Å². The Balaban J connectivity index is 2.11. The van der Waals surface area contributed by atoms with Gasteiger partial charge in [0.25, 0.3) is 0 Å². The molecule has 17 heavy (non-hydrogen) atoms. The van der Waals surface area contributed by atoms with E-state index < -0.39 is 0 Å². The lowest BCUT2D eigenvalue weighted by molar-refractivity contribution is 0.481. The van der Waals surface area contributed by atoms with Gasteiger partial charge in [0.1, 0.15) is 0 Å². The quantitative estimate of drug-likeness (QED) is 0.652. The van der Waals surface area contributed by atoms with Crippen LogP contribution in [0, 0.1) is 0 Å². The second-order valence-electron chi connectivity index (χ2n) is 3.94. The van der Waals surface area contributed by atoms with Gasteiger partial charge in [0.05, 0.1) is 11.4 Å². The Morgan fingerprint density at radius 2 is 1.82 bits per heavy atom. The Kier molecular flexibility index (Phi) is 2.33. The predicted octanol–water partition coefficient (Wildman–Crippen LogP) is 4.57. The van der Waals surface area contributed by atoms with Crippen molar-refractivity contribution >= 4 is 17.5 Å². The van der Waals surface area contributed by atoms with Gasteiger partial charge in [-0.3, -0.25) is 0 Å². The maximum absolute atomic E-state index is 5.87. The molecule has 0 aliphatic carbocycles. The topological polar surface area (TPSA) is 21.3 Å². The molecule has 2 aromatic carbocycles. The van der Waals surface area contributed by atoms with Crippen LogP contribution >= 0.6 is 0 Å². The lowest BCUT2D eigenvalue weighted by Crippen LogP contribution is -2.03. The van der Waals surface area contributed by atoms with Gasteiger partial charge in [-0.15, -0.1) is 0 Å². The van der Waals surface area contributed by atoms with E-state index in [4.69, 9.17) is 4.74 Å².